The van der Waals surface area contributed by atoms with Gasteiger partial charge in [0.25, 0.3) is 0 Å². The average Bonchev–Trinajstić information content (AvgIpc) is 3.45. The Morgan fingerprint density at radius 1 is 1.30 bits per heavy atom. The van der Waals surface area contributed by atoms with Gasteiger partial charge in [-0.25, -0.2) is 0 Å². The smallest absolute Gasteiger partial charge is 0.233 e. The molecule has 1 aliphatic heterocycles. The van der Waals surface area contributed by atoms with Crippen LogP contribution in [0.4, 0.5) is 5.95 Å². The Labute approximate surface area is 163 Å². The van der Waals surface area contributed by atoms with Crippen molar-refractivity contribution >= 4 is 23.6 Å². The van der Waals surface area contributed by atoms with E-state index in [1.165, 1.54) is 37.4 Å². The number of carbonyl (C=O) groups excluding carboxylic acids is 1. The fraction of sp³-hybridized carbons (Fsp3) is 0.632. The lowest BCUT2D eigenvalue weighted by atomic mass is 10.2. The van der Waals surface area contributed by atoms with Gasteiger partial charge in [-0.3, -0.25) is 9.36 Å². The monoisotopic (exact) mass is 389 g/mol. The molecule has 1 saturated heterocycles. The van der Waals surface area contributed by atoms with Crippen molar-refractivity contribution in [3.05, 3.63) is 24.2 Å². The van der Waals surface area contributed by atoms with Crippen molar-refractivity contribution in [2.75, 3.05) is 18.0 Å². The van der Waals surface area contributed by atoms with Crippen molar-refractivity contribution in [1.29, 1.82) is 0 Å². The number of nitrogens with one attached hydrogen (secondary N) is 1. The number of anilines is 1. The van der Waals surface area contributed by atoms with Crippen LogP contribution in [0.5, 0.6) is 0 Å². The molecular formula is C19H27N5O2S. The zero-order valence-electron chi connectivity index (χ0n) is 15.8. The van der Waals surface area contributed by atoms with Gasteiger partial charge in [0.2, 0.25) is 11.9 Å². The second-order valence-corrected chi connectivity index (χ2v) is 8.70. The van der Waals surface area contributed by atoms with Crippen LogP contribution in [0.25, 0.3) is 0 Å². The van der Waals surface area contributed by atoms with Crippen molar-refractivity contribution in [2.24, 2.45) is 0 Å². The molecule has 8 heteroatoms. The van der Waals surface area contributed by atoms with Crippen LogP contribution >= 0.6 is 11.8 Å². The zero-order valence-corrected chi connectivity index (χ0v) is 16.6. The van der Waals surface area contributed by atoms with E-state index in [9.17, 15) is 4.79 Å². The number of rotatable bonds is 7. The molecule has 2 aromatic heterocycles. The molecule has 2 fully saturated rings. The van der Waals surface area contributed by atoms with Crippen molar-refractivity contribution < 1.29 is 9.21 Å². The maximum Gasteiger partial charge on any atom is 0.233 e. The third kappa shape index (κ3) is 4.31. The number of thioether (sulfide) groups is 1. The molecule has 1 amide bonds. The first-order valence-corrected chi connectivity index (χ1v) is 10.8. The van der Waals surface area contributed by atoms with Crippen LogP contribution in [0.1, 0.15) is 51.2 Å². The average molecular weight is 390 g/mol. The van der Waals surface area contributed by atoms with Crippen LogP contribution in [-0.2, 0) is 11.3 Å². The lowest BCUT2D eigenvalue weighted by molar-refractivity contribution is -0.120. The third-order valence-corrected chi connectivity index (χ3v) is 6.41. The van der Waals surface area contributed by atoms with Crippen molar-refractivity contribution in [3.63, 3.8) is 0 Å². The number of hydrogen-bond acceptors (Lipinski definition) is 6. The number of hydrogen-bond donors (Lipinski definition) is 1. The highest BCUT2D eigenvalue weighted by molar-refractivity contribution is 8.00. The summed E-state index contributed by atoms with van der Waals surface area (Å²) in [6.07, 6.45) is 8.65. The topological polar surface area (TPSA) is 76.2 Å². The van der Waals surface area contributed by atoms with Gasteiger partial charge in [0, 0.05) is 19.1 Å². The van der Waals surface area contributed by atoms with Gasteiger partial charge in [-0.15, -0.1) is 10.2 Å². The lowest BCUT2D eigenvalue weighted by Gasteiger charge is -2.19. The molecule has 1 unspecified atom stereocenters. The minimum Gasteiger partial charge on any atom is -0.467 e. The minimum absolute atomic E-state index is 0.0853. The van der Waals surface area contributed by atoms with E-state index in [4.69, 9.17) is 4.42 Å². The van der Waals surface area contributed by atoms with E-state index < -0.39 is 0 Å². The molecule has 0 radical (unpaired) electrons. The molecule has 0 aromatic carbocycles. The molecule has 1 N–H and O–H groups in total. The highest BCUT2D eigenvalue weighted by Gasteiger charge is 2.26. The summed E-state index contributed by atoms with van der Waals surface area (Å²) >= 11 is 1.47. The molecule has 4 rings (SSSR count). The van der Waals surface area contributed by atoms with Gasteiger partial charge in [0.15, 0.2) is 5.16 Å². The molecule has 1 saturated carbocycles. The van der Waals surface area contributed by atoms with Crippen LogP contribution < -0.4 is 10.2 Å². The van der Waals surface area contributed by atoms with E-state index in [0.717, 1.165) is 42.8 Å². The third-order valence-electron chi connectivity index (χ3n) is 5.33. The Kier molecular flexibility index (Phi) is 5.71. The summed E-state index contributed by atoms with van der Waals surface area (Å²) in [7, 11) is 0. The van der Waals surface area contributed by atoms with E-state index in [-0.39, 0.29) is 11.2 Å². The lowest BCUT2D eigenvalue weighted by Crippen LogP contribution is -2.37. The highest BCUT2D eigenvalue weighted by Crippen LogP contribution is 2.29. The van der Waals surface area contributed by atoms with Gasteiger partial charge in [-0.2, -0.15) is 0 Å². The first-order valence-electron chi connectivity index (χ1n) is 9.88. The summed E-state index contributed by atoms with van der Waals surface area (Å²) in [5, 5.41) is 12.6. The van der Waals surface area contributed by atoms with Crippen molar-refractivity contribution in [1.82, 2.24) is 20.1 Å². The number of nitrogens with zero attached hydrogens (tertiary/aromatic N) is 4. The van der Waals surface area contributed by atoms with Crippen molar-refractivity contribution in [2.45, 2.75) is 68.4 Å². The van der Waals surface area contributed by atoms with E-state index in [2.05, 4.69) is 25.0 Å². The first kappa shape index (κ1) is 18.4. The molecule has 0 spiro atoms. The van der Waals surface area contributed by atoms with Gasteiger partial charge in [0.1, 0.15) is 5.76 Å². The molecule has 2 aromatic rings. The molecule has 1 aliphatic carbocycles. The Balaban J connectivity index is 1.49. The number of carbonyl (C=O) groups is 1. The van der Waals surface area contributed by atoms with Crippen LogP contribution in [-0.4, -0.2) is 45.1 Å². The normalized spacial score (nSPS) is 18.9. The Morgan fingerprint density at radius 2 is 2.07 bits per heavy atom. The summed E-state index contributed by atoms with van der Waals surface area (Å²) in [5.74, 6) is 1.82. The predicted molar refractivity (Wildman–Crippen MR) is 105 cm³/mol. The van der Waals surface area contributed by atoms with Crippen molar-refractivity contribution in [3.8, 4) is 0 Å². The summed E-state index contributed by atoms with van der Waals surface area (Å²) in [4.78, 5) is 14.8. The molecule has 2 aliphatic rings. The maximum absolute atomic E-state index is 12.6. The fourth-order valence-electron chi connectivity index (χ4n) is 3.82. The van der Waals surface area contributed by atoms with E-state index in [0.29, 0.717) is 12.6 Å². The number of amides is 1. The van der Waals surface area contributed by atoms with Crippen LogP contribution in [0, 0.1) is 0 Å². The van der Waals surface area contributed by atoms with E-state index >= 15 is 0 Å². The van der Waals surface area contributed by atoms with Crippen LogP contribution in [0.3, 0.4) is 0 Å². The van der Waals surface area contributed by atoms with E-state index in [1.54, 1.807) is 6.26 Å². The van der Waals surface area contributed by atoms with Gasteiger partial charge in [-0.1, -0.05) is 24.6 Å². The summed E-state index contributed by atoms with van der Waals surface area (Å²) in [6.45, 7) is 4.51. The molecule has 27 heavy (non-hydrogen) atoms. The summed E-state index contributed by atoms with van der Waals surface area (Å²) < 4.78 is 7.61. The van der Waals surface area contributed by atoms with Gasteiger partial charge >= 0.3 is 0 Å². The Bertz CT molecular complexity index is 748. The quantitative estimate of drug-likeness (QED) is 0.734. The molecule has 0 bridgehead atoms. The number of furan rings is 1. The molecule has 1 atom stereocenters. The summed E-state index contributed by atoms with van der Waals surface area (Å²) in [6, 6.07) is 4.18. The standard InChI is InChI=1S/C19H27N5O2S/c1-14(17(25)20-15-7-2-3-8-15)27-19-22-21-18(23-10-4-5-11-23)24(19)13-16-9-6-12-26-16/h6,9,12,14-15H,2-5,7-8,10-11,13H2,1H3,(H,20,25). The Morgan fingerprint density at radius 3 is 2.78 bits per heavy atom. The zero-order chi connectivity index (χ0) is 18.6. The number of aromatic nitrogens is 3. The van der Waals surface area contributed by atoms with Gasteiger partial charge in [-0.05, 0) is 44.7 Å². The van der Waals surface area contributed by atoms with E-state index in [1.807, 2.05) is 19.1 Å². The maximum atomic E-state index is 12.6. The SMILES string of the molecule is CC(Sc1nnc(N2CCCC2)n1Cc1ccco1)C(=O)NC1CCCC1. The Hall–Kier alpha value is -1.96. The van der Waals surface area contributed by atoms with Gasteiger partial charge in [0.05, 0.1) is 18.1 Å². The second kappa shape index (κ2) is 8.37. The largest absolute Gasteiger partial charge is 0.467 e. The minimum atomic E-state index is -0.212. The molecule has 3 heterocycles. The van der Waals surface area contributed by atoms with Gasteiger partial charge < -0.3 is 14.6 Å². The fourth-order valence-corrected chi connectivity index (χ4v) is 4.67. The van der Waals surface area contributed by atoms with Crippen LogP contribution in [0.15, 0.2) is 28.0 Å². The first-order chi connectivity index (χ1) is 13.2. The molecule has 146 valence electrons. The second-order valence-electron chi connectivity index (χ2n) is 7.39. The predicted octanol–water partition coefficient (Wildman–Crippen LogP) is 3.06. The molecule has 7 nitrogen and oxygen atoms in total. The highest BCUT2D eigenvalue weighted by atomic mass is 32.2. The summed E-state index contributed by atoms with van der Waals surface area (Å²) in [5.41, 5.74) is 0. The van der Waals surface area contributed by atoms with Crippen LogP contribution in [0.2, 0.25) is 0 Å². The molecular weight excluding hydrogens is 362 g/mol.